The lowest BCUT2D eigenvalue weighted by Crippen LogP contribution is -2.38. The topological polar surface area (TPSA) is 63.6 Å². The van der Waals surface area contributed by atoms with Crippen molar-refractivity contribution >= 4 is 11.9 Å². The molecule has 2 aliphatic carbocycles. The molecule has 4 nitrogen and oxygen atoms in total. The van der Waals surface area contributed by atoms with Crippen molar-refractivity contribution in [3.63, 3.8) is 0 Å². The molecule has 0 aromatic carbocycles. The zero-order valence-electron chi connectivity index (χ0n) is 12.5. The zero-order chi connectivity index (χ0) is 15.6. The minimum absolute atomic E-state index is 0.0942. The van der Waals surface area contributed by atoms with Crippen molar-refractivity contribution in [1.82, 2.24) is 0 Å². The summed E-state index contributed by atoms with van der Waals surface area (Å²) in [5.41, 5.74) is 0.468. The first-order valence-corrected chi connectivity index (χ1v) is 6.87. The molecule has 2 aliphatic rings. The van der Waals surface area contributed by atoms with E-state index in [1.54, 1.807) is 0 Å². The Bertz CT molecular complexity index is 424. The molecule has 0 aromatic rings. The van der Waals surface area contributed by atoms with E-state index in [4.69, 9.17) is 9.84 Å². The summed E-state index contributed by atoms with van der Waals surface area (Å²) in [7, 11) is 0. The second kappa shape index (κ2) is 5.81. The molecule has 0 amide bonds. The van der Waals surface area contributed by atoms with Gasteiger partial charge in [0.05, 0.1) is 0 Å². The molecule has 0 heterocycles. The summed E-state index contributed by atoms with van der Waals surface area (Å²) in [6, 6.07) is 0. The van der Waals surface area contributed by atoms with Crippen molar-refractivity contribution in [2.45, 2.75) is 46.1 Å². The number of carbonyl (C=O) groups excluding carboxylic acids is 1. The number of hydrogen-bond donors (Lipinski definition) is 1. The summed E-state index contributed by atoms with van der Waals surface area (Å²) in [5.74, 6) is -0.542. The summed E-state index contributed by atoms with van der Waals surface area (Å²) < 4.78 is 5.48. The fourth-order valence-corrected chi connectivity index (χ4v) is 3.50. The first kappa shape index (κ1) is 16.5. The number of esters is 1. The minimum atomic E-state index is -0.981. The fourth-order valence-electron chi connectivity index (χ4n) is 3.50. The highest BCUT2D eigenvalue weighted by molar-refractivity contribution is 5.81. The Labute approximate surface area is 120 Å². The van der Waals surface area contributed by atoms with Gasteiger partial charge in [0.25, 0.3) is 0 Å². The standard InChI is InChI=1S/C13H20O2.C3H4O2/c1-5-11(14)15-10-8-9-6-7-13(10,4)12(9,2)3;1-2-3(4)5/h5,9-10H,1,6-8H2,2-4H3;2H,1H2,(H,4,5)/t9-,10?,13-;/m1./s1. The maximum Gasteiger partial charge on any atom is 0.330 e. The molecule has 0 spiro atoms. The van der Waals surface area contributed by atoms with Gasteiger partial charge in [-0.1, -0.05) is 33.9 Å². The number of carboxylic acids is 1. The Morgan fingerprint density at radius 1 is 1.25 bits per heavy atom. The summed E-state index contributed by atoms with van der Waals surface area (Å²) in [6.45, 7) is 13.3. The largest absolute Gasteiger partial charge is 0.478 e. The van der Waals surface area contributed by atoms with E-state index in [1.165, 1.54) is 18.9 Å². The average Bonchev–Trinajstić information content (AvgIpc) is 2.72. The van der Waals surface area contributed by atoms with Crippen molar-refractivity contribution < 1.29 is 19.4 Å². The number of ether oxygens (including phenoxy) is 1. The molecule has 112 valence electrons. The summed E-state index contributed by atoms with van der Waals surface area (Å²) in [6.07, 6.45) is 5.69. The van der Waals surface area contributed by atoms with Crippen molar-refractivity contribution in [3.05, 3.63) is 25.3 Å². The summed E-state index contributed by atoms with van der Waals surface area (Å²) in [5, 5.41) is 7.60. The van der Waals surface area contributed by atoms with E-state index >= 15 is 0 Å². The molecule has 0 saturated heterocycles. The highest BCUT2D eigenvalue weighted by atomic mass is 16.5. The number of aliphatic carboxylic acids is 1. The zero-order valence-corrected chi connectivity index (χ0v) is 12.5. The van der Waals surface area contributed by atoms with Gasteiger partial charge in [-0.15, -0.1) is 0 Å². The van der Waals surface area contributed by atoms with Gasteiger partial charge in [0.1, 0.15) is 6.10 Å². The molecular formula is C16H24O4. The van der Waals surface area contributed by atoms with Crippen molar-refractivity contribution in [3.8, 4) is 0 Å². The van der Waals surface area contributed by atoms with Gasteiger partial charge in [0.2, 0.25) is 0 Å². The van der Waals surface area contributed by atoms with Gasteiger partial charge in [0, 0.05) is 17.6 Å². The molecule has 1 unspecified atom stereocenters. The molecule has 20 heavy (non-hydrogen) atoms. The van der Waals surface area contributed by atoms with Gasteiger partial charge < -0.3 is 9.84 Å². The van der Waals surface area contributed by atoms with Crippen molar-refractivity contribution in [2.75, 3.05) is 0 Å². The molecule has 2 fully saturated rings. The van der Waals surface area contributed by atoms with Crippen molar-refractivity contribution in [2.24, 2.45) is 16.7 Å². The first-order chi connectivity index (χ1) is 9.18. The lowest BCUT2D eigenvalue weighted by molar-refractivity contribution is -0.150. The third kappa shape index (κ3) is 2.79. The van der Waals surface area contributed by atoms with Crippen LogP contribution >= 0.6 is 0 Å². The van der Waals surface area contributed by atoms with E-state index in [9.17, 15) is 9.59 Å². The second-order valence-electron chi connectivity index (χ2n) is 6.28. The van der Waals surface area contributed by atoms with Crippen LogP contribution < -0.4 is 0 Å². The molecular weight excluding hydrogens is 256 g/mol. The minimum Gasteiger partial charge on any atom is -0.478 e. The molecule has 1 N–H and O–H groups in total. The lowest BCUT2D eigenvalue weighted by atomic mass is 9.70. The molecule has 4 heteroatoms. The Morgan fingerprint density at radius 3 is 2.10 bits per heavy atom. The van der Waals surface area contributed by atoms with Crippen LogP contribution in [0.4, 0.5) is 0 Å². The third-order valence-electron chi connectivity index (χ3n) is 5.31. The van der Waals surface area contributed by atoms with Crippen LogP contribution in [0.25, 0.3) is 0 Å². The molecule has 2 saturated carbocycles. The average molecular weight is 280 g/mol. The molecule has 3 atom stereocenters. The summed E-state index contributed by atoms with van der Waals surface area (Å²) >= 11 is 0. The van der Waals surface area contributed by atoms with Crippen LogP contribution in [0.5, 0.6) is 0 Å². The van der Waals surface area contributed by atoms with Crippen LogP contribution in [0.3, 0.4) is 0 Å². The fraction of sp³-hybridized carbons (Fsp3) is 0.625. The quantitative estimate of drug-likeness (QED) is 0.637. The Balaban J connectivity index is 0.000000347. The van der Waals surface area contributed by atoms with E-state index in [-0.39, 0.29) is 17.5 Å². The second-order valence-corrected chi connectivity index (χ2v) is 6.28. The molecule has 2 bridgehead atoms. The Hall–Kier alpha value is -1.58. The number of carbonyl (C=O) groups is 2. The maximum atomic E-state index is 11.3. The predicted molar refractivity (Wildman–Crippen MR) is 77.1 cm³/mol. The van der Waals surface area contributed by atoms with Crippen LogP contribution in [-0.4, -0.2) is 23.1 Å². The highest BCUT2D eigenvalue weighted by Gasteiger charge is 2.62. The maximum absolute atomic E-state index is 11.3. The van der Waals surface area contributed by atoms with E-state index in [0.717, 1.165) is 12.5 Å². The first-order valence-electron chi connectivity index (χ1n) is 6.87. The van der Waals surface area contributed by atoms with Gasteiger partial charge >= 0.3 is 11.9 Å². The van der Waals surface area contributed by atoms with Crippen LogP contribution in [0, 0.1) is 16.7 Å². The monoisotopic (exact) mass is 280 g/mol. The van der Waals surface area contributed by atoms with E-state index in [2.05, 4.69) is 33.9 Å². The van der Waals surface area contributed by atoms with Crippen LogP contribution in [0.15, 0.2) is 25.3 Å². The summed E-state index contributed by atoms with van der Waals surface area (Å²) in [4.78, 5) is 20.5. The number of fused-ring (bicyclic) bond motifs is 2. The predicted octanol–water partition coefficient (Wildman–Crippen LogP) is 3.19. The van der Waals surface area contributed by atoms with E-state index in [0.29, 0.717) is 11.3 Å². The molecule has 0 aliphatic heterocycles. The number of carboxylic acid groups (broad SMARTS) is 1. The van der Waals surface area contributed by atoms with E-state index in [1.807, 2.05) is 0 Å². The third-order valence-corrected chi connectivity index (χ3v) is 5.31. The van der Waals surface area contributed by atoms with Crippen LogP contribution in [0.1, 0.15) is 40.0 Å². The van der Waals surface area contributed by atoms with Crippen LogP contribution in [0.2, 0.25) is 0 Å². The van der Waals surface area contributed by atoms with E-state index < -0.39 is 5.97 Å². The van der Waals surface area contributed by atoms with Crippen molar-refractivity contribution in [1.29, 1.82) is 0 Å². The van der Waals surface area contributed by atoms with Gasteiger partial charge in [0.15, 0.2) is 0 Å². The van der Waals surface area contributed by atoms with Gasteiger partial charge in [-0.2, -0.15) is 0 Å². The molecule has 0 aromatic heterocycles. The highest BCUT2D eigenvalue weighted by Crippen LogP contribution is 2.66. The molecule has 2 rings (SSSR count). The van der Waals surface area contributed by atoms with Gasteiger partial charge in [-0.3, -0.25) is 0 Å². The Morgan fingerprint density at radius 2 is 1.80 bits per heavy atom. The SMILES string of the molecule is C=CC(=O)O.C=CC(=O)OC1C[C@H]2CC[C@@]1(C)C2(C)C. The Kier molecular flexibility index (Phi) is 4.79. The van der Waals surface area contributed by atoms with Crippen LogP contribution in [-0.2, 0) is 14.3 Å². The lowest BCUT2D eigenvalue weighted by Gasteiger charge is -2.38. The number of rotatable bonds is 3. The number of hydrogen-bond acceptors (Lipinski definition) is 3. The molecule has 0 radical (unpaired) electrons. The van der Waals surface area contributed by atoms with Gasteiger partial charge in [-0.25, -0.2) is 9.59 Å². The smallest absolute Gasteiger partial charge is 0.330 e. The normalized spacial score (nSPS) is 32.8. The van der Waals surface area contributed by atoms with Gasteiger partial charge in [-0.05, 0) is 30.6 Å².